The van der Waals surface area contributed by atoms with Gasteiger partial charge >= 0.3 is 0 Å². The minimum Gasteiger partial charge on any atom is -0.494 e. The molecule has 0 saturated carbocycles. The van der Waals surface area contributed by atoms with Crippen molar-refractivity contribution in [2.75, 3.05) is 6.61 Å². The minimum absolute atomic E-state index is 0.0269. The molecule has 1 unspecified atom stereocenters. The lowest BCUT2D eigenvalue weighted by molar-refractivity contribution is 0.0940. The summed E-state index contributed by atoms with van der Waals surface area (Å²) in [6, 6.07) is 11.2. The molecular formula is C15H17NO2S. The van der Waals surface area contributed by atoms with Crippen LogP contribution in [-0.4, -0.2) is 12.5 Å². The monoisotopic (exact) mass is 275 g/mol. The number of carbonyl (C=O) groups is 1. The molecule has 100 valence electrons. The van der Waals surface area contributed by atoms with Crippen LogP contribution in [0.5, 0.6) is 5.75 Å². The van der Waals surface area contributed by atoms with E-state index in [9.17, 15) is 4.79 Å². The van der Waals surface area contributed by atoms with Gasteiger partial charge in [0.1, 0.15) is 5.75 Å². The van der Waals surface area contributed by atoms with Gasteiger partial charge in [-0.1, -0.05) is 6.07 Å². The van der Waals surface area contributed by atoms with Crippen LogP contribution in [0.1, 0.15) is 35.1 Å². The molecule has 1 amide bonds. The van der Waals surface area contributed by atoms with E-state index in [-0.39, 0.29) is 11.9 Å². The number of rotatable bonds is 5. The van der Waals surface area contributed by atoms with Crippen LogP contribution in [-0.2, 0) is 0 Å². The highest BCUT2D eigenvalue weighted by atomic mass is 32.1. The van der Waals surface area contributed by atoms with Crippen LogP contribution in [0.25, 0.3) is 0 Å². The predicted octanol–water partition coefficient (Wildman–Crippen LogP) is 3.64. The fourth-order valence-corrected chi connectivity index (χ4v) is 2.49. The molecule has 0 radical (unpaired) electrons. The second-order valence-electron chi connectivity index (χ2n) is 4.17. The molecule has 1 N–H and O–H groups in total. The summed E-state index contributed by atoms with van der Waals surface area (Å²) in [7, 11) is 0. The summed E-state index contributed by atoms with van der Waals surface area (Å²) < 4.78 is 5.35. The van der Waals surface area contributed by atoms with Gasteiger partial charge in [-0.25, -0.2) is 0 Å². The first-order valence-corrected chi connectivity index (χ1v) is 7.15. The number of nitrogens with one attached hydrogen (secondary N) is 1. The summed E-state index contributed by atoms with van der Waals surface area (Å²) in [5, 5.41) is 4.99. The SMILES string of the molecule is CCOc1ccc(C(=O)NC(C)c2cccs2)cc1. The van der Waals surface area contributed by atoms with Crippen molar-refractivity contribution in [3.05, 3.63) is 52.2 Å². The van der Waals surface area contributed by atoms with E-state index in [1.54, 1.807) is 23.5 Å². The van der Waals surface area contributed by atoms with Gasteiger partial charge in [0, 0.05) is 10.4 Å². The van der Waals surface area contributed by atoms with E-state index in [1.807, 2.05) is 43.5 Å². The van der Waals surface area contributed by atoms with Crippen LogP contribution in [0.15, 0.2) is 41.8 Å². The van der Waals surface area contributed by atoms with E-state index in [1.165, 1.54) is 0 Å². The van der Waals surface area contributed by atoms with Crippen molar-refractivity contribution < 1.29 is 9.53 Å². The van der Waals surface area contributed by atoms with Crippen LogP contribution < -0.4 is 10.1 Å². The van der Waals surface area contributed by atoms with Gasteiger partial charge in [0.2, 0.25) is 0 Å². The lowest BCUT2D eigenvalue weighted by atomic mass is 10.2. The zero-order chi connectivity index (χ0) is 13.7. The molecule has 2 aromatic rings. The van der Waals surface area contributed by atoms with E-state index >= 15 is 0 Å². The van der Waals surface area contributed by atoms with E-state index in [2.05, 4.69) is 5.32 Å². The average Bonchev–Trinajstić information content (AvgIpc) is 2.94. The third kappa shape index (κ3) is 3.58. The summed E-state index contributed by atoms with van der Waals surface area (Å²) in [5.74, 6) is 0.717. The van der Waals surface area contributed by atoms with Gasteiger partial charge in [-0.3, -0.25) is 4.79 Å². The van der Waals surface area contributed by atoms with Crippen molar-refractivity contribution in [2.24, 2.45) is 0 Å². The average molecular weight is 275 g/mol. The van der Waals surface area contributed by atoms with E-state index in [0.29, 0.717) is 12.2 Å². The predicted molar refractivity (Wildman–Crippen MR) is 77.8 cm³/mol. The number of benzene rings is 1. The highest BCUT2D eigenvalue weighted by molar-refractivity contribution is 7.10. The van der Waals surface area contributed by atoms with Gasteiger partial charge in [0.05, 0.1) is 12.6 Å². The summed E-state index contributed by atoms with van der Waals surface area (Å²) in [4.78, 5) is 13.2. The molecule has 2 rings (SSSR count). The first-order chi connectivity index (χ1) is 9.20. The van der Waals surface area contributed by atoms with Gasteiger partial charge in [0.15, 0.2) is 0 Å². The summed E-state index contributed by atoms with van der Waals surface area (Å²) >= 11 is 1.64. The fraction of sp³-hybridized carbons (Fsp3) is 0.267. The van der Waals surface area contributed by atoms with Crippen molar-refractivity contribution in [3.63, 3.8) is 0 Å². The third-order valence-electron chi connectivity index (χ3n) is 2.75. The Bertz CT molecular complexity index is 520. The smallest absolute Gasteiger partial charge is 0.251 e. The number of hydrogen-bond donors (Lipinski definition) is 1. The maximum atomic E-state index is 12.1. The molecule has 0 spiro atoms. The van der Waals surface area contributed by atoms with E-state index in [0.717, 1.165) is 10.6 Å². The number of ether oxygens (including phenoxy) is 1. The second-order valence-corrected chi connectivity index (χ2v) is 5.15. The molecule has 0 saturated heterocycles. The normalized spacial score (nSPS) is 11.9. The zero-order valence-corrected chi connectivity index (χ0v) is 11.9. The van der Waals surface area contributed by atoms with Crippen LogP contribution in [0.4, 0.5) is 0 Å². The Kier molecular flexibility index (Phi) is 4.58. The van der Waals surface area contributed by atoms with Crippen LogP contribution in [0.3, 0.4) is 0 Å². The molecule has 1 aromatic carbocycles. The number of amides is 1. The molecule has 3 nitrogen and oxygen atoms in total. The highest BCUT2D eigenvalue weighted by Crippen LogP contribution is 2.19. The Morgan fingerprint density at radius 3 is 2.63 bits per heavy atom. The Balaban J connectivity index is 1.99. The Labute approximate surface area is 117 Å². The van der Waals surface area contributed by atoms with Crippen LogP contribution >= 0.6 is 11.3 Å². The first-order valence-electron chi connectivity index (χ1n) is 6.28. The Hall–Kier alpha value is -1.81. The van der Waals surface area contributed by atoms with E-state index in [4.69, 9.17) is 4.74 Å². The second kappa shape index (κ2) is 6.38. The highest BCUT2D eigenvalue weighted by Gasteiger charge is 2.11. The van der Waals surface area contributed by atoms with Crippen molar-refractivity contribution in [1.29, 1.82) is 0 Å². The molecule has 19 heavy (non-hydrogen) atoms. The van der Waals surface area contributed by atoms with Crippen LogP contribution in [0, 0.1) is 0 Å². The molecule has 1 atom stereocenters. The van der Waals surface area contributed by atoms with Gasteiger partial charge in [-0.15, -0.1) is 11.3 Å². The lowest BCUT2D eigenvalue weighted by Gasteiger charge is -2.12. The molecule has 1 aromatic heterocycles. The maximum absolute atomic E-state index is 12.1. The molecule has 0 aliphatic heterocycles. The van der Waals surface area contributed by atoms with Crippen molar-refractivity contribution >= 4 is 17.2 Å². The topological polar surface area (TPSA) is 38.3 Å². The molecule has 0 fully saturated rings. The number of hydrogen-bond acceptors (Lipinski definition) is 3. The molecule has 0 aliphatic carbocycles. The van der Waals surface area contributed by atoms with Gasteiger partial charge in [0.25, 0.3) is 5.91 Å². The molecular weight excluding hydrogens is 258 g/mol. The molecule has 0 bridgehead atoms. The summed E-state index contributed by atoms with van der Waals surface area (Å²) in [6.45, 7) is 4.54. The van der Waals surface area contributed by atoms with E-state index < -0.39 is 0 Å². The summed E-state index contributed by atoms with van der Waals surface area (Å²) in [6.07, 6.45) is 0. The number of thiophene rings is 1. The molecule has 4 heteroatoms. The fourth-order valence-electron chi connectivity index (χ4n) is 1.76. The zero-order valence-electron chi connectivity index (χ0n) is 11.1. The van der Waals surface area contributed by atoms with Gasteiger partial charge in [-0.2, -0.15) is 0 Å². The first kappa shape index (κ1) is 13.6. The van der Waals surface area contributed by atoms with Gasteiger partial charge in [-0.05, 0) is 49.6 Å². The minimum atomic E-state index is -0.0658. The van der Waals surface area contributed by atoms with Gasteiger partial charge < -0.3 is 10.1 Å². The number of carbonyl (C=O) groups excluding carboxylic acids is 1. The lowest BCUT2D eigenvalue weighted by Crippen LogP contribution is -2.25. The van der Waals surface area contributed by atoms with Crippen molar-refractivity contribution in [1.82, 2.24) is 5.32 Å². The van der Waals surface area contributed by atoms with Crippen molar-refractivity contribution in [2.45, 2.75) is 19.9 Å². The largest absolute Gasteiger partial charge is 0.494 e. The maximum Gasteiger partial charge on any atom is 0.251 e. The molecule has 1 heterocycles. The Morgan fingerprint density at radius 2 is 2.05 bits per heavy atom. The quantitative estimate of drug-likeness (QED) is 0.904. The van der Waals surface area contributed by atoms with Crippen molar-refractivity contribution in [3.8, 4) is 5.75 Å². The summed E-state index contributed by atoms with van der Waals surface area (Å²) in [5.41, 5.74) is 0.645. The third-order valence-corrected chi connectivity index (χ3v) is 3.80. The Morgan fingerprint density at radius 1 is 1.32 bits per heavy atom. The van der Waals surface area contributed by atoms with Crippen LogP contribution in [0.2, 0.25) is 0 Å². The standard InChI is InChI=1S/C15H17NO2S/c1-3-18-13-8-6-12(7-9-13)15(17)16-11(2)14-5-4-10-19-14/h4-11H,3H2,1-2H3,(H,16,17). The molecule has 0 aliphatic rings.